The molecule has 0 aromatic carbocycles. The number of rotatable bonds is 9. The second-order valence-corrected chi connectivity index (χ2v) is 4.68. The van der Waals surface area contributed by atoms with Gasteiger partial charge < -0.3 is 4.74 Å². The van der Waals surface area contributed by atoms with Crippen LogP contribution in [0.25, 0.3) is 0 Å². The van der Waals surface area contributed by atoms with Crippen LogP contribution in [0.1, 0.15) is 26.2 Å². The Hall–Kier alpha value is 1.01. The SMILES string of the molecule is CCCCCOCC(CS)(CS)CS. The molecule has 0 saturated heterocycles. The molecule has 0 heterocycles. The van der Waals surface area contributed by atoms with E-state index in [1.165, 1.54) is 12.8 Å². The van der Waals surface area contributed by atoms with Gasteiger partial charge in [0, 0.05) is 12.0 Å². The van der Waals surface area contributed by atoms with E-state index in [4.69, 9.17) is 4.74 Å². The van der Waals surface area contributed by atoms with Crippen LogP contribution in [0.4, 0.5) is 0 Å². The summed E-state index contributed by atoms with van der Waals surface area (Å²) in [5.74, 6) is 2.36. The van der Waals surface area contributed by atoms with Crippen LogP contribution in [-0.2, 0) is 4.74 Å². The second kappa shape index (κ2) is 9.25. The van der Waals surface area contributed by atoms with Crippen LogP contribution in [0.5, 0.6) is 0 Å². The molecule has 0 aliphatic heterocycles. The summed E-state index contributed by atoms with van der Waals surface area (Å²) < 4.78 is 5.63. The number of ether oxygens (including phenoxy) is 1. The Balaban J connectivity index is 3.61. The van der Waals surface area contributed by atoms with Crippen LogP contribution in [0.2, 0.25) is 0 Å². The van der Waals surface area contributed by atoms with Gasteiger partial charge in [0.25, 0.3) is 0 Å². The maximum Gasteiger partial charge on any atom is 0.0545 e. The predicted molar refractivity (Wildman–Crippen MR) is 74.3 cm³/mol. The highest BCUT2D eigenvalue weighted by atomic mass is 32.1. The zero-order valence-corrected chi connectivity index (χ0v) is 11.6. The van der Waals surface area contributed by atoms with Crippen molar-refractivity contribution < 1.29 is 4.74 Å². The van der Waals surface area contributed by atoms with Crippen molar-refractivity contribution in [2.24, 2.45) is 5.41 Å². The first kappa shape index (κ1) is 15.0. The Kier molecular flexibility index (Phi) is 9.92. The van der Waals surface area contributed by atoms with Crippen molar-refractivity contribution in [3.63, 3.8) is 0 Å². The van der Waals surface area contributed by atoms with E-state index in [1.807, 2.05) is 0 Å². The van der Waals surface area contributed by atoms with Gasteiger partial charge in [-0.3, -0.25) is 0 Å². The maximum absolute atomic E-state index is 5.63. The average molecular weight is 254 g/mol. The molecule has 0 aliphatic rings. The highest BCUT2D eigenvalue weighted by Crippen LogP contribution is 2.23. The molecule has 0 spiro atoms. The Labute approximate surface area is 105 Å². The minimum atomic E-state index is 0.0432. The second-order valence-electron chi connectivity index (χ2n) is 3.73. The van der Waals surface area contributed by atoms with Crippen LogP contribution in [0.3, 0.4) is 0 Å². The predicted octanol–water partition coefficient (Wildman–Crippen LogP) is 2.97. The number of thiol groups is 3. The summed E-state index contributed by atoms with van der Waals surface area (Å²) >= 11 is 13.0. The molecule has 0 saturated carbocycles. The highest BCUT2D eigenvalue weighted by Gasteiger charge is 2.25. The van der Waals surface area contributed by atoms with E-state index in [0.29, 0.717) is 0 Å². The molecular formula is C10H22OS3. The van der Waals surface area contributed by atoms with Gasteiger partial charge in [-0.1, -0.05) is 19.8 Å². The lowest BCUT2D eigenvalue weighted by molar-refractivity contribution is 0.0755. The zero-order chi connectivity index (χ0) is 10.9. The van der Waals surface area contributed by atoms with Crippen molar-refractivity contribution in [3.05, 3.63) is 0 Å². The number of hydrogen-bond acceptors (Lipinski definition) is 4. The largest absolute Gasteiger partial charge is 0.381 e. The number of unbranched alkanes of at least 4 members (excludes halogenated alkanes) is 2. The summed E-state index contributed by atoms with van der Waals surface area (Å²) in [5, 5.41) is 0. The fourth-order valence-electron chi connectivity index (χ4n) is 1.03. The summed E-state index contributed by atoms with van der Waals surface area (Å²) in [6.07, 6.45) is 3.63. The molecule has 0 fully saturated rings. The van der Waals surface area contributed by atoms with Gasteiger partial charge >= 0.3 is 0 Å². The smallest absolute Gasteiger partial charge is 0.0545 e. The van der Waals surface area contributed by atoms with Crippen molar-refractivity contribution >= 4 is 37.9 Å². The van der Waals surface area contributed by atoms with Crippen LogP contribution in [0, 0.1) is 5.41 Å². The normalized spacial score (nSPS) is 12.0. The van der Waals surface area contributed by atoms with Crippen molar-refractivity contribution in [1.29, 1.82) is 0 Å². The van der Waals surface area contributed by atoms with Crippen LogP contribution in [-0.4, -0.2) is 30.5 Å². The van der Waals surface area contributed by atoms with Gasteiger partial charge in [0.05, 0.1) is 6.61 Å². The summed E-state index contributed by atoms with van der Waals surface area (Å²) in [6, 6.07) is 0. The third kappa shape index (κ3) is 5.79. The molecule has 0 bridgehead atoms. The minimum absolute atomic E-state index is 0.0432. The van der Waals surface area contributed by atoms with Crippen molar-refractivity contribution in [2.75, 3.05) is 30.5 Å². The van der Waals surface area contributed by atoms with Crippen molar-refractivity contribution in [1.82, 2.24) is 0 Å². The molecule has 86 valence electrons. The first-order chi connectivity index (χ1) is 6.74. The summed E-state index contributed by atoms with van der Waals surface area (Å²) in [7, 11) is 0. The lowest BCUT2D eigenvalue weighted by Gasteiger charge is -2.28. The van der Waals surface area contributed by atoms with Gasteiger partial charge in [-0.2, -0.15) is 37.9 Å². The standard InChI is InChI=1S/C10H22OS3/c1-2-3-4-5-11-6-10(7-12,8-13)9-14/h12-14H,2-9H2,1H3. The lowest BCUT2D eigenvalue weighted by Crippen LogP contribution is -2.33. The van der Waals surface area contributed by atoms with Gasteiger partial charge in [-0.05, 0) is 23.7 Å². The monoisotopic (exact) mass is 254 g/mol. The molecule has 0 amide bonds. The molecule has 0 atom stereocenters. The van der Waals surface area contributed by atoms with E-state index in [9.17, 15) is 0 Å². The van der Waals surface area contributed by atoms with E-state index in [-0.39, 0.29) is 5.41 Å². The molecule has 1 nitrogen and oxygen atoms in total. The molecule has 0 aliphatic carbocycles. The fraction of sp³-hybridized carbons (Fsp3) is 1.00. The van der Waals surface area contributed by atoms with Crippen LogP contribution < -0.4 is 0 Å². The van der Waals surface area contributed by atoms with E-state index in [1.54, 1.807) is 0 Å². The van der Waals surface area contributed by atoms with E-state index < -0.39 is 0 Å². The maximum atomic E-state index is 5.63. The Morgan fingerprint density at radius 2 is 1.57 bits per heavy atom. The third-order valence-corrected chi connectivity index (χ3v) is 4.32. The lowest BCUT2D eigenvalue weighted by atomic mass is 9.97. The van der Waals surface area contributed by atoms with Gasteiger partial charge in [0.1, 0.15) is 0 Å². The first-order valence-electron chi connectivity index (χ1n) is 5.15. The van der Waals surface area contributed by atoms with Crippen molar-refractivity contribution in [2.45, 2.75) is 26.2 Å². The quantitative estimate of drug-likeness (QED) is 0.423. The Morgan fingerprint density at radius 3 is 2.00 bits per heavy atom. The zero-order valence-electron chi connectivity index (χ0n) is 8.91. The molecule has 0 rings (SSSR count). The van der Waals surface area contributed by atoms with Gasteiger partial charge in [0.15, 0.2) is 0 Å². The van der Waals surface area contributed by atoms with Crippen LogP contribution >= 0.6 is 37.9 Å². The van der Waals surface area contributed by atoms with E-state index in [0.717, 1.165) is 36.9 Å². The molecule has 0 aromatic heterocycles. The first-order valence-corrected chi connectivity index (χ1v) is 7.04. The molecule has 14 heavy (non-hydrogen) atoms. The Bertz CT molecular complexity index is 118. The average Bonchev–Trinajstić information content (AvgIpc) is 2.24. The van der Waals surface area contributed by atoms with Crippen molar-refractivity contribution in [3.8, 4) is 0 Å². The molecule has 0 aromatic rings. The Morgan fingerprint density at radius 1 is 1.00 bits per heavy atom. The summed E-state index contributed by atoms with van der Waals surface area (Å²) in [4.78, 5) is 0. The fourth-order valence-corrected chi connectivity index (χ4v) is 2.50. The summed E-state index contributed by atoms with van der Waals surface area (Å²) in [5.41, 5.74) is 0.0432. The highest BCUT2D eigenvalue weighted by molar-refractivity contribution is 7.82. The number of hydrogen-bond donors (Lipinski definition) is 3. The molecular weight excluding hydrogens is 232 g/mol. The van der Waals surface area contributed by atoms with Gasteiger partial charge in [0.2, 0.25) is 0 Å². The summed E-state index contributed by atoms with van der Waals surface area (Å²) in [6.45, 7) is 3.78. The molecule has 4 heteroatoms. The topological polar surface area (TPSA) is 9.23 Å². The molecule has 0 radical (unpaired) electrons. The van der Waals surface area contributed by atoms with Gasteiger partial charge in [-0.25, -0.2) is 0 Å². The van der Waals surface area contributed by atoms with Crippen LogP contribution in [0.15, 0.2) is 0 Å². The van der Waals surface area contributed by atoms with E-state index in [2.05, 4.69) is 44.8 Å². The molecule has 0 unspecified atom stereocenters. The molecule has 0 N–H and O–H groups in total. The minimum Gasteiger partial charge on any atom is -0.381 e. The van der Waals surface area contributed by atoms with E-state index >= 15 is 0 Å². The third-order valence-electron chi connectivity index (χ3n) is 2.31. The van der Waals surface area contributed by atoms with Gasteiger partial charge in [-0.15, -0.1) is 0 Å².